The zero-order chi connectivity index (χ0) is 23.2. The van der Waals surface area contributed by atoms with Gasteiger partial charge in [0.1, 0.15) is 11.6 Å². The van der Waals surface area contributed by atoms with Gasteiger partial charge in [0.25, 0.3) is 5.91 Å². The van der Waals surface area contributed by atoms with Gasteiger partial charge in [0, 0.05) is 31.7 Å². The largest absolute Gasteiger partial charge is 0.484 e. The summed E-state index contributed by atoms with van der Waals surface area (Å²) in [5.41, 5.74) is 3.55. The van der Waals surface area contributed by atoms with Gasteiger partial charge in [-0.05, 0) is 61.2 Å². The van der Waals surface area contributed by atoms with Crippen molar-refractivity contribution in [2.75, 3.05) is 19.7 Å². The highest BCUT2D eigenvalue weighted by atomic mass is 19.1. The molecular weight excluding hydrogens is 415 g/mol. The topological polar surface area (TPSA) is 32.8 Å². The fourth-order valence-corrected chi connectivity index (χ4v) is 4.35. The molecule has 0 bridgehead atoms. The quantitative estimate of drug-likeness (QED) is 0.517. The van der Waals surface area contributed by atoms with Crippen LogP contribution in [-0.2, 0) is 17.8 Å². The third-order valence-corrected chi connectivity index (χ3v) is 6.27. The van der Waals surface area contributed by atoms with Crippen LogP contribution in [0.25, 0.3) is 0 Å². The number of ether oxygens (including phenoxy) is 1. The second-order valence-corrected chi connectivity index (χ2v) is 8.90. The lowest BCUT2D eigenvalue weighted by atomic mass is 10.1. The van der Waals surface area contributed by atoms with E-state index in [1.54, 1.807) is 0 Å². The summed E-state index contributed by atoms with van der Waals surface area (Å²) in [6.45, 7) is 6.41. The first-order valence-corrected chi connectivity index (χ1v) is 11.5. The van der Waals surface area contributed by atoms with Crippen LogP contribution in [0.4, 0.5) is 4.39 Å². The number of carbonyl (C=O) groups excluding carboxylic acids is 1. The number of halogens is 1. The molecule has 1 aliphatic heterocycles. The highest BCUT2D eigenvalue weighted by Gasteiger charge is 2.32. The monoisotopic (exact) mass is 446 g/mol. The Morgan fingerprint density at radius 1 is 0.848 bits per heavy atom. The average Bonchev–Trinajstić information content (AvgIpc) is 2.82. The molecule has 1 heterocycles. The van der Waals surface area contributed by atoms with E-state index in [1.807, 2.05) is 59.5 Å². The van der Waals surface area contributed by atoms with Crippen LogP contribution in [0, 0.1) is 5.82 Å². The Bertz CT molecular complexity index is 1040. The highest BCUT2D eigenvalue weighted by molar-refractivity contribution is 5.78. The van der Waals surface area contributed by atoms with Crippen molar-refractivity contribution >= 4 is 5.91 Å². The molecule has 1 fully saturated rings. The number of amides is 1. The van der Waals surface area contributed by atoms with Crippen molar-refractivity contribution in [3.63, 3.8) is 0 Å². The van der Waals surface area contributed by atoms with Gasteiger partial charge in [0.05, 0.1) is 0 Å². The maximum absolute atomic E-state index is 13.2. The summed E-state index contributed by atoms with van der Waals surface area (Å²) in [6.07, 6.45) is 0.873. The summed E-state index contributed by atoms with van der Waals surface area (Å²) in [5, 5.41) is 0. The predicted molar refractivity (Wildman–Crippen MR) is 129 cm³/mol. The van der Waals surface area contributed by atoms with Crippen LogP contribution in [0.15, 0.2) is 78.9 Å². The lowest BCUT2D eigenvalue weighted by Crippen LogP contribution is -2.58. The van der Waals surface area contributed by atoms with Gasteiger partial charge in [-0.1, -0.05) is 54.6 Å². The SMILES string of the molecule is C[C@@H]1CN(C(=O)COc2ccc(Cc3ccccc3)cc2)[C@@H](C)CN1Cc1ccc(F)cc1. The van der Waals surface area contributed by atoms with Gasteiger partial charge in [-0.25, -0.2) is 4.39 Å². The van der Waals surface area contributed by atoms with E-state index >= 15 is 0 Å². The molecule has 172 valence electrons. The number of rotatable bonds is 7. The van der Waals surface area contributed by atoms with Crippen LogP contribution in [0.2, 0.25) is 0 Å². The molecule has 3 aromatic rings. The Kier molecular flexibility index (Phi) is 7.40. The maximum Gasteiger partial charge on any atom is 0.260 e. The van der Waals surface area contributed by atoms with Crippen LogP contribution < -0.4 is 4.74 Å². The van der Waals surface area contributed by atoms with E-state index in [0.29, 0.717) is 12.3 Å². The number of hydrogen-bond donors (Lipinski definition) is 0. The lowest BCUT2D eigenvalue weighted by molar-refractivity contribution is -0.139. The number of hydrogen-bond acceptors (Lipinski definition) is 3. The Hall–Kier alpha value is -3.18. The minimum absolute atomic E-state index is 0.00384. The molecule has 4 nitrogen and oxygen atoms in total. The van der Waals surface area contributed by atoms with E-state index < -0.39 is 0 Å². The molecule has 0 aliphatic carbocycles. The number of benzene rings is 3. The minimum Gasteiger partial charge on any atom is -0.484 e. The van der Waals surface area contributed by atoms with E-state index in [-0.39, 0.29) is 30.4 Å². The molecule has 1 saturated heterocycles. The summed E-state index contributed by atoms with van der Waals surface area (Å²) >= 11 is 0. The van der Waals surface area contributed by atoms with Gasteiger partial charge in [-0.3, -0.25) is 9.69 Å². The zero-order valence-electron chi connectivity index (χ0n) is 19.3. The molecule has 1 amide bonds. The second kappa shape index (κ2) is 10.6. The van der Waals surface area contributed by atoms with Crippen molar-refractivity contribution in [1.29, 1.82) is 0 Å². The number of piperazine rings is 1. The van der Waals surface area contributed by atoms with E-state index in [4.69, 9.17) is 4.74 Å². The Morgan fingerprint density at radius 2 is 1.48 bits per heavy atom. The van der Waals surface area contributed by atoms with Gasteiger partial charge in [0.2, 0.25) is 0 Å². The molecule has 1 aliphatic rings. The molecular formula is C28H31FN2O2. The van der Waals surface area contributed by atoms with Gasteiger partial charge >= 0.3 is 0 Å². The van der Waals surface area contributed by atoms with Crippen LogP contribution in [0.1, 0.15) is 30.5 Å². The fraction of sp³-hybridized carbons (Fsp3) is 0.321. The molecule has 5 heteroatoms. The molecule has 2 atom stereocenters. The molecule has 0 radical (unpaired) electrons. The minimum atomic E-state index is -0.221. The standard InChI is InChI=1S/C28H31FN2O2/c1-21-18-31(22(2)17-30(21)19-25-8-12-26(29)13-9-25)28(32)20-33-27-14-10-24(11-15-27)16-23-6-4-3-5-7-23/h3-15,21-22H,16-20H2,1-2H3/t21-,22+/m1/s1. The summed E-state index contributed by atoms with van der Waals surface area (Å²) in [4.78, 5) is 17.1. The summed E-state index contributed by atoms with van der Waals surface area (Å²) in [6, 6.07) is 25.2. The smallest absolute Gasteiger partial charge is 0.260 e. The maximum atomic E-state index is 13.2. The van der Waals surface area contributed by atoms with E-state index in [2.05, 4.69) is 30.9 Å². The van der Waals surface area contributed by atoms with Gasteiger partial charge in [0.15, 0.2) is 6.61 Å². The van der Waals surface area contributed by atoms with E-state index in [9.17, 15) is 9.18 Å². The zero-order valence-corrected chi connectivity index (χ0v) is 19.3. The molecule has 4 rings (SSSR count). The molecule has 3 aromatic carbocycles. The number of nitrogens with zero attached hydrogens (tertiary/aromatic N) is 2. The molecule has 0 aromatic heterocycles. The fourth-order valence-electron chi connectivity index (χ4n) is 4.35. The van der Waals surface area contributed by atoms with Crippen molar-refractivity contribution in [3.05, 3.63) is 101 Å². The number of carbonyl (C=O) groups is 1. The first kappa shape index (κ1) is 23.0. The van der Waals surface area contributed by atoms with Crippen molar-refractivity contribution in [3.8, 4) is 5.75 Å². The van der Waals surface area contributed by atoms with E-state index in [1.165, 1.54) is 23.3 Å². The second-order valence-electron chi connectivity index (χ2n) is 8.90. The van der Waals surface area contributed by atoms with Gasteiger partial charge < -0.3 is 9.64 Å². The van der Waals surface area contributed by atoms with Crippen molar-refractivity contribution < 1.29 is 13.9 Å². The van der Waals surface area contributed by atoms with E-state index in [0.717, 1.165) is 25.1 Å². The highest BCUT2D eigenvalue weighted by Crippen LogP contribution is 2.20. The molecule has 0 spiro atoms. The molecule has 0 saturated carbocycles. The van der Waals surface area contributed by atoms with Crippen molar-refractivity contribution in [1.82, 2.24) is 9.80 Å². The van der Waals surface area contributed by atoms with Crippen molar-refractivity contribution in [2.45, 2.75) is 38.9 Å². The third kappa shape index (κ3) is 6.20. The van der Waals surface area contributed by atoms with Crippen LogP contribution >= 0.6 is 0 Å². The Balaban J connectivity index is 1.27. The van der Waals surface area contributed by atoms with Crippen LogP contribution in [0.3, 0.4) is 0 Å². The lowest BCUT2D eigenvalue weighted by Gasteiger charge is -2.44. The molecule has 0 N–H and O–H groups in total. The first-order chi connectivity index (χ1) is 16.0. The third-order valence-electron chi connectivity index (χ3n) is 6.27. The van der Waals surface area contributed by atoms with Crippen LogP contribution in [0.5, 0.6) is 5.75 Å². The molecule has 0 unspecified atom stereocenters. The van der Waals surface area contributed by atoms with Crippen molar-refractivity contribution in [2.24, 2.45) is 0 Å². The molecule has 33 heavy (non-hydrogen) atoms. The van der Waals surface area contributed by atoms with Gasteiger partial charge in [-0.2, -0.15) is 0 Å². The first-order valence-electron chi connectivity index (χ1n) is 11.5. The summed E-state index contributed by atoms with van der Waals surface area (Å²) in [7, 11) is 0. The van der Waals surface area contributed by atoms with Gasteiger partial charge in [-0.15, -0.1) is 0 Å². The predicted octanol–water partition coefficient (Wildman–Crippen LogP) is 4.92. The Morgan fingerprint density at radius 3 is 2.18 bits per heavy atom. The average molecular weight is 447 g/mol. The normalized spacial score (nSPS) is 18.8. The summed E-state index contributed by atoms with van der Waals surface area (Å²) < 4.78 is 19.0. The summed E-state index contributed by atoms with van der Waals surface area (Å²) in [5.74, 6) is 0.487. The van der Waals surface area contributed by atoms with Crippen LogP contribution in [-0.4, -0.2) is 47.5 Å². The Labute approximate surface area is 195 Å².